The minimum absolute atomic E-state index is 0.173. The highest BCUT2D eigenvalue weighted by Crippen LogP contribution is 2.19. The SMILES string of the molecule is CC(=O)OC(Cl)CC1CCCO1. The van der Waals surface area contributed by atoms with Crippen molar-refractivity contribution in [2.75, 3.05) is 6.61 Å². The third-order valence-corrected chi connectivity index (χ3v) is 2.03. The van der Waals surface area contributed by atoms with Crippen LogP contribution in [0.4, 0.5) is 0 Å². The van der Waals surface area contributed by atoms with Gasteiger partial charge in [-0.05, 0) is 12.8 Å². The van der Waals surface area contributed by atoms with Gasteiger partial charge >= 0.3 is 5.97 Å². The normalized spacial score (nSPS) is 25.3. The van der Waals surface area contributed by atoms with Crippen LogP contribution in [-0.2, 0) is 14.3 Å². The molecule has 0 bridgehead atoms. The van der Waals surface area contributed by atoms with E-state index in [1.54, 1.807) is 0 Å². The number of hydrogen-bond acceptors (Lipinski definition) is 3. The molecule has 1 rings (SSSR count). The van der Waals surface area contributed by atoms with Gasteiger partial charge in [-0.1, -0.05) is 11.6 Å². The smallest absolute Gasteiger partial charge is 0.304 e. The summed E-state index contributed by atoms with van der Waals surface area (Å²) in [5.41, 5.74) is -0.536. The van der Waals surface area contributed by atoms with Crippen molar-refractivity contribution in [2.24, 2.45) is 0 Å². The first kappa shape index (κ1) is 9.81. The molecule has 1 aliphatic heterocycles. The fraction of sp³-hybridized carbons (Fsp3) is 0.875. The predicted molar refractivity (Wildman–Crippen MR) is 45.0 cm³/mol. The van der Waals surface area contributed by atoms with Crippen molar-refractivity contribution in [1.29, 1.82) is 0 Å². The van der Waals surface area contributed by atoms with Crippen molar-refractivity contribution in [3.8, 4) is 0 Å². The fourth-order valence-corrected chi connectivity index (χ4v) is 1.59. The number of carbonyl (C=O) groups excluding carboxylic acids is 1. The second-order valence-corrected chi connectivity index (χ2v) is 3.38. The summed E-state index contributed by atoms with van der Waals surface area (Å²) < 4.78 is 10.1. The van der Waals surface area contributed by atoms with Gasteiger partial charge in [0.2, 0.25) is 0 Å². The zero-order chi connectivity index (χ0) is 8.97. The maximum Gasteiger partial charge on any atom is 0.304 e. The molecule has 0 N–H and O–H groups in total. The summed E-state index contributed by atoms with van der Waals surface area (Å²) in [6.07, 6.45) is 2.87. The van der Waals surface area contributed by atoms with E-state index in [0.29, 0.717) is 6.42 Å². The highest BCUT2D eigenvalue weighted by atomic mass is 35.5. The zero-order valence-electron chi connectivity index (χ0n) is 7.09. The largest absolute Gasteiger partial charge is 0.446 e. The summed E-state index contributed by atoms with van der Waals surface area (Å²) in [5, 5.41) is 0. The van der Waals surface area contributed by atoms with Crippen molar-refractivity contribution < 1.29 is 14.3 Å². The second-order valence-electron chi connectivity index (χ2n) is 2.89. The van der Waals surface area contributed by atoms with Crippen molar-refractivity contribution in [3.63, 3.8) is 0 Å². The predicted octanol–water partition coefficient (Wildman–Crippen LogP) is 1.68. The summed E-state index contributed by atoms with van der Waals surface area (Å²) in [6, 6.07) is 0. The second kappa shape index (κ2) is 4.67. The highest BCUT2D eigenvalue weighted by molar-refractivity contribution is 6.20. The molecule has 1 aliphatic rings. The molecule has 0 aliphatic carbocycles. The van der Waals surface area contributed by atoms with Gasteiger partial charge in [0.25, 0.3) is 0 Å². The number of alkyl halides is 1. The monoisotopic (exact) mass is 192 g/mol. The van der Waals surface area contributed by atoms with Crippen LogP contribution < -0.4 is 0 Å². The Morgan fingerprint density at radius 2 is 2.58 bits per heavy atom. The van der Waals surface area contributed by atoms with E-state index in [0.717, 1.165) is 19.4 Å². The van der Waals surface area contributed by atoms with Gasteiger partial charge in [-0.3, -0.25) is 4.79 Å². The van der Waals surface area contributed by atoms with Crippen LogP contribution in [-0.4, -0.2) is 24.2 Å². The molecule has 0 amide bonds. The lowest BCUT2D eigenvalue weighted by Crippen LogP contribution is -2.17. The molecule has 0 spiro atoms. The standard InChI is InChI=1S/C8H13ClO3/c1-6(10)12-8(9)5-7-3-2-4-11-7/h7-8H,2-5H2,1H3. The van der Waals surface area contributed by atoms with Crippen molar-refractivity contribution in [1.82, 2.24) is 0 Å². The highest BCUT2D eigenvalue weighted by Gasteiger charge is 2.20. The Morgan fingerprint density at radius 1 is 1.83 bits per heavy atom. The number of carbonyl (C=O) groups is 1. The lowest BCUT2D eigenvalue weighted by molar-refractivity contribution is -0.143. The third-order valence-electron chi connectivity index (χ3n) is 1.77. The van der Waals surface area contributed by atoms with Crippen LogP contribution >= 0.6 is 11.6 Å². The first-order chi connectivity index (χ1) is 5.68. The molecule has 0 saturated carbocycles. The first-order valence-electron chi connectivity index (χ1n) is 4.11. The van der Waals surface area contributed by atoms with E-state index in [9.17, 15) is 4.79 Å². The minimum Gasteiger partial charge on any atom is -0.446 e. The molecule has 4 heteroatoms. The van der Waals surface area contributed by atoms with Crippen LogP contribution in [0.5, 0.6) is 0 Å². The Hall–Kier alpha value is -0.280. The Labute approximate surface area is 77.0 Å². The average molecular weight is 193 g/mol. The Balaban J connectivity index is 2.16. The maximum atomic E-state index is 10.5. The molecule has 0 aromatic heterocycles. The van der Waals surface area contributed by atoms with Gasteiger partial charge in [-0.25, -0.2) is 0 Å². The van der Waals surface area contributed by atoms with Crippen LogP contribution in [0.2, 0.25) is 0 Å². The van der Waals surface area contributed by atoms with E-state index >= 15 is 0 Å². The molecule has 0 aromatic carbocycles. The van der Waals surface area contributed by atoms with Gasteiger partial charge in [0.1, 0.15) is 0 Å². The molecule has 2 atom stereocenters. The molecule has 3 nitrogen and oxygen atoms in total. The van der Waals surface area contributed by atoms with Crippen LogP contribution in [0.1, 0.15) is 26.2 Å². The van der Waals surface area contributed by atoms with Crippen LogP contribution in [0.3, 0.4) is 0 Å². The summed E-state index contributed by atoms with van der Waals surface area (Å²) in [7, 11) is 0. The molecule has 1 heterocycles. The molecular formula is C8H13ClO3. The van der Waals surface area contributed by atoms with Crippen LogP contribution in [0.25, 0.3) is 0 Å². The Kier molecular flexibility index (Phi) is 3.82. The number of hydrogen-bond donors (Lipinski definition) is 0. The van der Waals surface area contributed by atoms with Gasteiger partial charge in [0.05, 0.1) is 6.10 Å². The van der Waals surface area contributed by atoms with E-state index < -0.39 is 5.56 Å². The number of rotatable bonds is 3. The lowest BCUT2D eigenvalue weighted by Gasteiger charge is -2.13. The topological polar surface area (TPSA) is 35.5 Å². The van der Waals surface area contributed by atoms with E-state index in [2.05, 4.69) is 0 Å². The fourth-order valence-electron chi connectivity index (χ4n) is 1.27. The van der Waals surface area contributed by atoms with E-state index in [1.165, 1.54) is 6.92 Å². The van der Waals surface area contributed by atoms with Gasteiger partial charge < -0.3 is 9.47 Å². The molecule has 1 fully saturated rings. The quantitative estimate of drug-likeness (QED) is 0.504. The molecule has 2 unspecified atom stereocenters. The third kappa shape index (κ3) is 3.41. The van der Waals surface area contributed by atoms with Crippen molar-refractivity contribution >= 4 is 17.6 Å². The average Bonchev–Trinajstić information content (AvgIpc) is 2.37. The molecule has 12 heavy (non-hydrogen) atoms. The van der Waals surface area contributed by atoms with E-state index in [4.69, 9.17) is 21.1 Å². The van der Waals surface area contributed by atoms with E-state index in [1.807, 2.05) is 0 Å². The summed E-state index contributed by atoms with van der Waals surface area (Å²) in [5.74, 6) is -0.340. The number of ether oxygens (including phenoxy) is 2. The maximum absolute atomic E-state index is 10.5. The van der Waals surface area contributed by atoms with Crippen LogP contribution in [0, 0.1) is 0 Å². The van der Waals surface area contributed by atoms with Gasteiger partial charge in [-0.15, -0.1) is 0 Å². The van der Waals surface area contributed by atoms with Crippen molar-refractivity contribution in [3.05, 3.63) is 0 Å². The lowest BCUT2D eigenvalue weighted by atomic mass is 10.2. The number of halogens is 1. The molecular weight excluding hydrogens is 180 g/mol. The first-order valence-corrected chi connectivity index (χ1v) is 4.55. The van der Waals surface area contributed by atoms with E-state index in [-0.39, 0.29) is 12.1 Å². The molecule has 1 saturated heterocycles. The van der Waals surface area contributed by atoms with Crippen molar-refractivity contribution in [2.45, 2.75) is 37.9 Å². The minimum atomic E-state index is -0.536. The molecule has 70 valence electrons. The van der Waals surface area contributed by atoms with Gasteiger partial charge in [0.15, 0.2) is 5.56 Å². The Morgan fingerprint density at radius 3 is 3.08 bits per heavy atom. The van der Waals surface area contributed by atoms with Crippen LogP contribution in [0.15, 0.2) is 0 Å². The summed E-state index contributed by atoms with van der Waals surface area (Å²) >= 11 is 5.73. The summed E-state index contributed by atoms with van der Waals surface area (Å²) in [4.78, 5) is 10.5. The zero-order valence-corrected chi connectivity index (χ0v) is 7.84. The number of esters is 1. The Bertz CT molecular complexity index is 154. The summed E-state index contributed by atoms with van der Waals surface area (Å²) in [6.45, 7) is 2.15. The molecule has 0 aromatic rings. The van der Waals surface area contributed by atoms with Gasteiger partial charge in [-0.2, -0.15) is 0 Å². The molecule has 0 radical (unpaired) electrons. The van der Waals surface area contributed by atoms with Gasteiger partial charge in [0, 0.05) is 20.0 Å².